The SMILES string of the molecule is COC(=O)[C@@H]1Cc2ccc(OCCNC(=O)OC(C)(C)C)c(c2)-c2cc(ccc2OCCNC(=O)OC(C)(C)C)[C@H](N(C)C(=O)[C@H](CCNC(=O)OC(C)(C)C)NC(=O)c2cnc(-c3ccc(C(C)(C)C)cc3)cc2C)C(=O)N[C@@H](C)C(=O)N1. The molecule has 5 rings (SSSR count). The average Bonchev–Trinajstić information content (AvgIpc) is 2.62. The number of nitrogens with zero attached hydrogens (tertiary/aromatic N) is 2. The molecule has 1 aliphatic rings. The van der Waals surface area contributed by atoms with Crippen LogP contribution in [0.3, 0.4) is 0 Å². The maximum atomic E-state index is 15.3. The molecule has 84 heavy (non-hydrogen) atoms. The van der Waals surface area contributed by atoms with E-state index in [1.165, 1.54) is 27.3 Å². The second-order valence-corrected chi connectivity index (χ2v) is 24.5. The number of methoxy groups -OCH3 is 1. The molecule has 0 fully saturated rings. The van der Waals surface area contributed by atoms with Crippen LogP contribution in [0.2, 0.25) is 0 Å². The number of benzene rings is 3. The maximum Gasteiger partial charge on any atom is 0.407 e. The summed E-state index contributed by atoms with van der Waals surface area (Å²) in [6.45, 7) is 24.7. The lowest BCUT2D eigenvalue weighted by Crippen LogP contribution is -2.55. The van der Waals surface area contributed by atoms with Crippen molar-refractivity contribution in [1.29, 1.82) is 0 Å². The van der Waals surface area contributed by atoms with Crippen molar-refractivity contribution in [3.05, 3.63) is 101 Å². The predicted octanol–water partition coefficient (Wildman–Crippen LogP) is 7.76. The number of hydrogen-bond donors (Lipinski definition) is 6. The third-order valence-corrected chi connectivity index (χ3v) is 12.8. The minimum Gasteiger partial charge on any atom is -0.491 e. The van der Waals surface area contributed by atoms with E-state index in [0.717, 1.165) is 16.0 Å². The highest BCUT2D eigenvalue weighted by Gasteiger charge is 2.37. The number of pyridine rings is 1. The van der Waals surface area contributed by atoms with Gasteiger partial charge in [0.2, 0.25) is 17.7 Å². The summed E-state index contributed by atoms with van der Waals surface area (Å²) in [7, 11) is 2.54. The van der Waals surface area contributed by atoms with Crippen LogP contribution >= 0.6 is 0 Å². The van der Waals surface area contributed by atoms with Crippen LogP contribution in [0.5, 0.6) is 11.5 Å². The smallest absolute Gasteiger partial charge is 0.407 e. The minimum absolute atomic E-state index is 0.00240. The number of likely N-dealkylation sites (N-methyl/N-ethyl adjacent to an activating group) is 1. The van der Waals surface area contributed by atoms with Crippen molar-refractivity contribution in [3.63, 3.8) is 0 Å². The number of hydrogen-bond acceptors (Lipinski definition) is 15. The Kier molecular flexibility index (Phi) is 22.3. The van der Waals surface area contributed by atoms with E-state index in [2.05, 4.69) is 57.7 Å². The third kappa shape index (κ3) is 19.9. The number of aromatic nitrogens is 1. The fraction of sp³-hybridized carbons (Fsp3) is 0.500. The summed E-state index contributed by atoms with van der Waals surface area (Å²) in [4.78, 5) is 116. The lowest BCUT2D eigenvalue weighted by Gasteiger charge is -2.33. The highest BCUT2D eigenvalue weighted by atomic mass is 16.6. The number of nitrogens with one attached hydrogen (secondary N) is 6. The number of carbonyl (C=O) groups is 8. The van der Waals surface area contributed by atoms with Crippen LogP contribution in [0.15, 0.2) is 72.9 Å². The molecule has 456 valence electrons. The van der Waals surface area contributed by atoms with Crippen LogP contribution < -0.4 is 41.4 Å². The topological polar surface area (TPSA) is 280 Å². The van der Waals surface area contributed by atoms with Crippen LogP contribution in [-0.4, -0.2) is 140 Å². The van der Waals surface area contributed by atoms with Gasteiger partial charge in [-0.3, -0.25) is 24.2 Å². The van der Waals surface area contributed by atoms with E-state index in [1.807, 2.05) is 24.3 Å². The Morgan fingerprint density at radius 1 is 0.679 bits per heavy atom. The second kappa shape index (κ2) is 28.2. The van der Waals surface area contributed by atoms with Crippen LogP contribution in [0.25, 0.3) is 22.4 Å². The van der Waals surface area contributed by atoms with Crippen molar-refractivity contribution in [2.45, 2.75) is 156 Å². The van der Waals surface area contributed by atoms with Gasteiger partial charge in [-0.25, -0.2) is 19.2 Å². The van der Waals surface area contributed by atoms with E-state index in [9.17, 15) is 28.8 Å². The summed E-state index contributed by atoms with van der Waals surface area (Å²) in [5.74, 6) is -3.35. The number of aryl methyl sites for hydroxylation is 1. The van der Waals surface area contributed by atoms with Gasteiger partial charge in [-0.15, -0.1) is 0 Å². The highest BCUT2D eigenvalue weighted by Crippen LogP contribution is 2.40. The van der Waals surface area contributed by atoms with Gasteiger partial charge >= 0.3 is 24.2 Å². The molecule has 1 aliphatic heterocycles. The van der Waals surface area contributed by atoms with Crippen molar-refractivity contribution in [3.8, 4) is 33.9 Å². The van der Waals surface area contributed by atoms with Crippen molar-refractivity contribution < 1.29 is 66.8 Å². The molecule has 2 heterocycles. The molecule has 22 nitrogen and oxygen atoms in total. The van der Waals surface area contributed by atoms with Crippen molar-refractivity contribution in [1.82, 2.24) is 41.8 Å². The zero-order valence-corrected chi connectivity index (χ0v) is 51.3. The van der Waals surface area contributed by atoms with Gasteiger partial charge < -0.3 is 65.2 Å². The van der Waals surface area contributed by atoms with E-state index < -0.39 is 88.8 Å². The monoisotopic (exact) mass is 1160 g/mol. The van der Waals surface area contributed by atoms with E-state index in [0.29, 0.717) is 27.9 Å². The molecule has 0 unspecified atom stereocenters. The Morgan fingerprint density at radius 3 is 1.71 bits per heavy atom. The van der Waals surface area contributed by atoms with Crippen LogP contribution in [0, 0.1) is 6.92 Å². The Morgan fingerprint density at radius 2 is 1.20 bits per heavy atom. The van der Waals surface area contributed by atoms with Gasteiger partial charge in [0.25, 0.3) is 5.91 Å². The molecular weight excluding hydrogens is 1080 g/mol. The van der Waals surface area contributed by atoms with Gasteiger partial charge in [-0.2, -0.15) is 0 Å². The largest absolute Gasteiger partial charge is 0.491 e. The first kappa shape index (κ1) is 66.4. The number of rotatable bonds is 17. The molecule has 0 saturated carbocycles. The van der Waals surface area contributed by atoms with Gasteiger partial charge in [0.15, 0.2) is 0 Å². The summed E-state index contributed by atoms with van der Waals surface area (Å²) < 4.78 is 34.1. The third-order valence-electron chi connectivity index (χ3n) is 12.8. The molecule has 3 aromatic carbocycles. The standard InChI is InChI=1S/C62H84N8O14/c1-36-31-46(39-18-21-41(22-19-39)59(3,4)5)66-35-44(36)52(72)68-45(25-26-63-56(76)82-60(6,7)8)54(74)70(15)50-40-20-24-49(81-30-28-65-58(78)84-62(12,13)14)43(34-40)42-32-38(17-23-48(42)80-29-27-64-57(77)83-61(9,10)11)33-47(55(75)79-16)69-51(71)37(2)67-53(50)73/h17-24,31-32,34-35,37,45,47,50H,25-30,33H2,1-16H3,(H,63,76)(H,64,77)(H,65,78)(H,67,73)(H,68,72)(H,69,71)/t37-,45-,47-,50-/m0/s1. The molecule has 4 aromatic rings. The van der Waals surface area contributed by atoms with Gasteiger partial charge in [0, 0.05) is 42.9 Å². The molecule has 22 heteroatoms. The van der Waals surface area contributed by atoms with Gasteiger partial charge in [-0.05, 0) is 141 Å². The van der Waals surface area contributed by atoms with Gasteiger partial charge in [-0.1, -0.05) is 57.2 Å². The molecule has 0 spiro atoms. The first-order chi connectivity index (χ1) is 39.1. The zero-order valence-electron chi connectivity index (χ0n) is 51.3. The lowest BCUT2D eigenvalue weighted by atomic mass is 9.86. The summed E-state index contributed by atoms with van der Waals surface area (Å²) in [5, 5.41) is 16.2. The first-order valence-corrected chi connectivity index (χ1v) is 27.9. The Labute approximate surface area is 492 Å². The van der Waals surface area contributed by atoms with Crippen LogP contribution in [0.4, 0.5) is 14.4 Å². The summed E-state index contributed by atoms with van der Waals surface area (Å²) >= 11 is 0. The van der Waals surface area contributed by atoms with Crippen molar-refractivity contribution in [2.24, 2.45) is 0 Å². The quantitative estimate of drug-likeness (QED) is 0.0335. The molecule has 0 radical (unpaired) electrons. The van der Waals surface area contributed by atoms with Crippen LogP contribution in [0.1, 0.15) is 135 Å². The zero-order chi connectivity index (χ0) is 62.5. The molecule has 7 amide bonds. The van der Waals surface area contributed by atoms with Gasteiger partial charge in [0.1, 0.15) is 65.7 Å². The van der Waals surface area contributed by atoms with Crippen molar-refractivity contribution in [2.75, 3.05) is 47.0 Å². The normalized spacial score (nSPS) is 16.0. The molecule has 1 aromatic heterocycles. The molecule has 0 saturated heterocycles. The van der Waals surface area contributed by atoms with E-state index in [1.54, 1.807) is 112 Å². The first-order valence-electron chi connectivity index (χ1n) is 27.9. The molecule has 6 N–H and O–H groups in total. The second-order valence-electron chi connectivity index (χ2n) is 24.5. The fourth-order valence-corrected chi connectivity index (χ4v) is 8.72. The fourth-order valence-electron chi connectivity index (χ4n) is 8.72. The van der Waals surface area contributed by atoms with Crippen LogP contribution in [-0.2, 0) is 50.0 Å². The Hall–Kier alpha value is -8.43. The molecule has 4 bridgehead atoms. The van der Waals surface area contributed by atoms with E-state index in [-0.39, 0.29) is 73.7 Å². The summed E-state index contributed by atoms with van der Waals surface area (Å²) in [6.07, 6.45) is -0.954. The summed E-state index contributed by atoms with van der Waals surface area (Å²) in [6, 6.07) is 14.0. The number of fused-ring (bicyclic) bond motifs is 5. The Balaban J connectivity index is 1.63. The number of ether oxygens (including phenoxy) is 6. The lowest BCUT2D eigenvalue weighted by molar-refractivity contribution is -0.145. The Bertz CT molecular complexity index is 3030. The van der Waals surface area contributed by atoms with Crippen molar-refractivity contribution >= 4 is 47.9 Å². The molecule has 0 aliphatic carbocycles. The minimum atomic E-state index is -1.56. The maximum absolute atomic E-state index is 15.3. The number of esters is 1. The molecule has 4 atom stereocenters. The average molecular weight is 1170 g/mol. The number of carbonyl (C=O) groups excluding carboxylic acids is 8. The predicted molar refractivity (Wildman–Crippen MR) is 315 cm³/mol. The summed E-state index contributed by atoms with van der Waals surface area (Å²) in [5.41, 5.74) is 2.24. The van der Waals surface area contributed by atoms with Gasteiger partial charge in [0.05, 0.1) is 31.5 Å². The number of alkyl carbamates (subject to hydrolysis) is 3. The van der Waals surface area contributed by atoms with E-state index in [4.69, 9.17) is 28.4 Å². The molecular formula is C62H84N8O14. The number of amides is 7. The van der Waals surface area contributed by atoms with E-state index >= 15 is 9.59 Å². The highest BCUT2D eigenvalue weighted by molar-refractivity contribution is 6.00.